The molecule has 0 aromatic carbocycles. The van der Waals surface area contributed by atoms with Gasteiger partial charge < -0.3 is 24.0 Å². The molecule has 112 valence electrons. The Kier molecular flexibility index (Phi) is 10.6. The second-order valence-electron chi connectivity index (χ2n) is 3.97. The average Bonchev–Trinajstić information content (AvgIpc) is 2.73. The molecule has 0 atom stereocenters. The minimum Gasteiger partial charge on any atom is -0.462 e. The van der Waals surface area contributed by atoms with Gasteiger partial charge in [0.15, 0.2) is 0 Å². The first-order chi connectivity index (χ1) is 8.72. The summed E-state index contributed by atoms with van der Waals surface area (Å²) in [5.41, 5.74) is 0. The van der Waals surface area contributed by atoms with Crippen molar-refractivity contribution in [3.05, 3.63) is 12.4 Å². The van der Waals surface area contributed by atoms with Crippen LogP contribution in [-0.4, -0.2) is 69.1 Å². The Labute approximate surface area is 125 Å². The molecule has 6 nitrogen and oxygen atoms in total. The molecule has 0 radical (unpaired) electrons. The van der Waals surface area contributed by atoms with Gasteiger partial charge in [-0.05, 0) is 6.92 Å². The molecule has 0 unspecified atom stereocenters. The number of nitrogens with zero attached hydrogens (tertiary/aromatic N) is 2. The van der Waals surface area contributed by atoms with E-state index in [1.807, 2.05) is 36.2 Å². The number of carbonyl (C=O) groups excluding carboxylic acids is 1. The third-order valence-corrected chi connectivity index (χ3v) is 2.34. The standard InChI is InChI=1S/C12H22N2O4.BrH/c1-3-16-6-7-17-8-9-18-12(15)10-14-5-4-13(2)11-14;/h4-5H,3,6-11H2,1-2H3;1H. The van der Waals surface area contributed by atoms with Crippen molar-refractivity contribution in [1.82, 2.24) is 9.80 Å². The maximum Gasteiger partial charge on any atom is 0.325 e. The molecule has 0 fully saturated rings. The van der Waals surface area contributed by atoms with Crippen LogP contribution in [0.2, 0.25) is 0 Å². The third kappa shape index (κ3) is 8.85. The number of rotatable bonds is 9. The molecule has 0 bridgehead atoms. The van der Waals surface area contributed by atoms with Crippen molar-refractivity contribution in [2.45, 2.75) is 6.92 Å². The molecule has 0 N–H and O–H groups in total. The summed E-state index contributed by atoms with van der Waals surface area (Å²) in [6.45, 7) is 5.44. The van der Waals surface area contributed by atoms with Crippen molar-refractivity contribution in [1.29, 1.82) is 0 Å². The lowest BCUT2D eigenvalue weighted by atomic mass is 10.6. The van der Waals surface area contributed by atoms with E-state index in [4.69, 9.17) is 14.2 Å². The molecular weight excluding hydrogens is 316 g/mol. The number of hydrogen-bond donors (Lipinski definition) is 0. The van der Waals surface area contributed by atoms with Crippen molar-refractivity contribution in [3.63, 3.8) is 0 Å². The Balaban J connectivity index is 0.00000324. The van der Waals surface area contributed by atoms with Crippen LogP contribution in [0.1, 0.15) is 6.92 Å². The number of esters is 1. The van der Waals surface area contributed by atoms with Crippen LogP contribution in [0.4, 0.5) is 0 Å². The smallest absolute Gasteiger partial charge is 0.325 e. The summed E-state index contributed by atoms with van der Waals surface area (Å²) in [5, 5.41) is 0. The van der Waals surface area contributed by atoms with Gasteiger partial charge >= 0.3 is 5.97 Å². The predicted molar refractivity (Wildman–Crippen MR) is 77.1 cm³/mol. The molecule has 1 aliphatic heterocycles. The molecule has 0 aliphatic carbocycles. The van der Waals surface area contributed by atoms with Crippen molar-refractivity contribution < 1.29 is 19.0 Å². The van der Waals surface area contributed by atoms with Crippen LogP contribution in [0.25, 0.3) is 0 Å². The second-order valence-corrected chi connectivity index (χ2v) is 3.97. The third-order valence-electron chi connectivity index (χ3n) is 2.34. The first-order valence-electron chi connectivity index (χ1n) is 6.16. The van der Waals surface area contributed by atoms with Crippen LogP contribution >= 0.6 is 17.0 Å². The van der Waals surface area contributed by atoms with Gasteiger partial charge in [0, 0.05) is 26.1 Å². The fourth-order valence-electron chi connectivity index (χ4n) is 1.48. The van der Waals surface area contributed by atoms with E-state index in [-0.39, 0.29) is 29.5 Å². The summed E-state index contributed by atoms with van der Waals surface area (Å²) in [5.74, 6) is -0.233. The van der Waals surface area contributed by atoms with E-state index in [0.29, 0.717) is 33.0 Å². The molecule has 0 saturated carbocycles. The normalized spacial score (nSPS) is 13.6. The number of hydrogen-bond acceptors (Lipinski definition) is 6. The summed E-state index contributed by atoms with van der Waals surface area (Å²) >= 11 is 0. The van der Waals surface area contributed by atoms with Crippen molar-refractivity contribution in [2.24, 2.45) is 0 Å². The van der Waals surface area contributed by atoms with Gasteiger partial charge in [-0.2, -0.15) is 0 Å². The SMILES string of the molecule is Br.CCOCCOCCOC(=O)CN1C=CN(C)C1. The lowest BCUT2D eigenvalue weighted by Gasteiger charge is -2.16. The fourth-order valence-corrected chi connectivity index (χ4v) is 1.48. The first-order valence-corrected chi connectivity index (χ1v) is 6.16. The lowest BCUT2D eigenvalue weighted by molar-refractivity contribution is -0.146. The molecule has 7 heteroatoms. The second kappa shape index (κ2) is 11.1. The minimum atomic E-state index is -0.233. The highest BCUT2D eigenvalue weighted by Gasteiger charge is 2.13. The summed E-state index contributed by atoms with van der Waals surface area (Å²) in [6, 6.07) is 0. The zero-order valence-electron chi connectivity index (χ0n) is 11.5. The predicted octanol–water partition coefficient (Wildman–Crippen LogP) is 0.837. The van der Waals surface area contributed by atoms with E-state index in [1.54, 1.807) is 0 Å². The van der Waals surface area contributed by atoms with Crippen LogP contribution in [-0.2, 0) is 19.0 Å². The van der Waals surface area contributed by atoms with E-state index in [1.165, 1.54) is 0 Å². The monoisotopic (exact) mass is 338 g/mol. The Morgan fingerprint density at radius 3 is 2.47 bits per heavy atom. The fraction of sp³-hybridized carbons (Fsp3) is 0.750. The van der Waals surface area contributed by atoms with Crippen LogP contribution in [0.15, 0.2) is 12.4 Å². The Hall–Kier alpha value is -0.790. The van der Waals surface area contributed by atoms with Crippen LogP contribution in [0.3, 0.4) is 0 Å². The molecule has 1 rings (SSSR count). The van der Waals surface area contributed by atoms with Gasteiger partial charge in [-0.3, -0.25) is 4.79 Å². The zero-order valence-corrected chi connectivity index (χ0v) is 13.3. The quantitative estimate of drug-likeness (QED) is 0.458. The van der Waals surface area contributed by atoms with Crippen molar-refractivity contribution in [3.8, 4) is 0 Å². The summed E-state index contributed by atoms with van der Waals surface area (Å²) in [6.07, 6.45) is 3.80. The Bertz CT molecular complexity index is 276. The van der Waals surface area contributed by atoms with E-state index >= 15 is 0 Å². The van der Waals surface area contributed by atoms with Gasteiger partial charge in [0.2, 0.25) is 0 Å². The maximum absolute atomic E-state index is 11.4. The molecule has 19 heavy (non-hydrogen) atoms. The van der Waals surface area contributed by atoms with Crippen LogP contribution in [0, 0.1) is 0 Å². The highest BCUT2D eigenvalue weighted by Crippen LogP contribution is 2.02. The molecule has 1 aliphatic rings. The van der Waals surface area contributed by atoms with Gasteiger partial charge in [-0.15, -0.1) is 17.0 Å². The Morgan fingerprint density at radius 2 is 1.84 bits per heavy atom. The average molecular weight is 339 g/mol. The summed E-state index contributed by atoms with van der Waals surface area (Å²) in [7, 11) is 1.95. The first kappa shape index (κ1) is 18.2. The van der Waals surface area contributed by atoms with E-state index in [9.17, 15) is 4.79 Å². The molecule has 0 amide bonds. The van der Waals surface area contributed by atoms with Crippen LogP contribution in [0.5, 0.6) is 0 Å². The molecule has 1 heterocycles. The van der Waals surface area contributed by atoms with Crippen molar-refractivity contribution in [2.75, 3.05) is 53.3 Å². The highest BCUT2D eigenvalue weighted by molar-refractivity contribution is 8.93. The maximum atomic E-state index is 11.4. The highest BCUT2D eigenvalue weighted by atomic mass is 79.9. The topological polar surface area (TPSA) is 51.2 Å². The van der Waals surface area contributed by atoms with Gasteiger partial charge in [0.25, 0.3) is 0 Å². The number of ether oxygens (including phenoxy) is 3. The molecular formula is C12H23BrN2O4. The van der Waals surface area contributed by atoms with Gasteiger partial charge in [-0.1, -0.05) is 0 Å². The van der Waals surface area contributed by atoms with Gasteiger partial charge in [-0.25, -0.2) is 0 Å². The number of carbonyl (C=O) groups is 1. The Morgan fingerprint density at radius 1 is 1.16 bits per heavy atom. The van der Waals surface area contributed by atoms with Gasteiger partial charge in [0.05, 0.1) is 26.5 Å². The summed E-state index contributed by atoms with van der Waals surface area (Å²) in [4.78, 5) is 15.3. The lowest BCUT2D eigenvalue weighted by Crippen LogP contribution is -2.29. The van der Waals surface area contributed by atoms with E-state index in [2.05, 4.69) is 0 Å². The molecule has 0 aromatic heterocycles. The van der Waals surface area contributed by atoms with Crippen LogP contribution < -0.4 is 0 Å². The largest absolute Gasteiger partial charge is 0.462 e. The zero-order chi connectivity index (χ0) is 13.2. The van der Waals surface area contributed by atoms with E-state index in [0.717, 1.165) is 6.67 Å². The molecule has 0 saturated heterocycles. The summed E-state index contributed by atoms with van der Waals surface area (Å²) < 4.78 is 15.4. The minimum absolute atomic E-state index is 0. The number of halogens is 1. The van der Waals surface area contributed by atoms with E-state index < -0.39 is 0 Å². The van der Waals surface area contributed by atoms with Crippen molar-refractivity contribution >= 4 is 23.0 Å². The molecule has 0 spiro atoms. The van der Waals surface area contributed by atoms with Gasteiger partial charge in [0.1, 0.15) is 13.2 Å². The molecule has 0 aromatic rings.